The van der Waals surface area contributed by atoms with E-state index in [0.29, 0.717) is 36.3 Å². The largest absolute Gasteiger partial charge is 0.495 e. The zero-order valence-corrected chi connectivity index (χ0v) is 20.0. The lowest BCUT2D eigenvalue weighted by atomic mass is 9.98. The molecule has 0 aromatic heterocycles. The Bertz CT molecular complexity index is 1390. The van der Waals surface area contributed by atoms with Gasteiger partial charge in [0.05, 0.1) is 7.11 Å². The smallest absolute Gasteiger partial charge is 0.258 e. The van der Waals surface area contributed by atoms with Gasteiger partial charge in [-0.1, -0.05) is 6.07 Å². The minimum Gasteiger partial charge on any atom is -0.495 e. The van der Waals surface area contributed by atoms with Crippen LogP contribution in [0.5, 0.6) is 5.75 Å². The lowest BCUT2D eigenvalue weighted by molar-refractivity contribution is 0.0984. The maximum absolute atomic E-state index is 13.5. The van der Waals surface area contributed by atoms with Gasteiger partial charge in [-0.2, -0.15) is 0 Å². The van der Waals surface area contributed by atoms with Crippen molar-refractivity contribution in [2.75, 3.05) is 30.9 Å². The van der Waals surface area contributed by atoms with Gasteiger partial charge in [-0.05, 0) is 80.1 Å². The molecule has 0 fully saturated rings. The quantitative estimate of drug-likeness (QED) is 0.542. The monoisotopic (exact) mass is 497 g/mol. The normalized spacial score (nSPS) is 13.2. The first-order chi connectivity index (χ1) is 16.7. The van der Waals surface area contributed by atoms with Gasteiger partial charge in [-0.15, -0.1) is 0 Å². The molecule has 3 aromatic carbocycles. The van der Waals surface area contributed by atoms with Gasteiger partial charge in [0.25, 0.3) is 11.8 Å². The summed E-state index contributed by atoms with van der Waals surface area (Å²) in [7, 11) is -1.22. The van der Waals surface area contributed by atoms with Crippen LogP contribution in [0, 0.1) is 5.82 Å². The highest BCUT2D eigenvalue weighted by atomic mass is 32.2. The average Bonchev–Trinajstić information content (AvgIpc) is 2.88. The first kappa shape index (κ1) is 24.4. The van der Waals surface area contributed by atoms with E-state index in [9.17, 15) is 22.4 Å². The number of methoxy groups -OCH3 is 1. The molecule has 1 aliphatic rings. The molecule has 1 heterocycles. The molecule has 35 heavy (non-hydrogen) atoms. The summed E-state index contributed by atoms with van der Waals surface area (Å²) in [6, 6.07) is 14.8. The van der Waals surface area contributed by atoms with Crippen LogP contribution in [0.15, 0.2) is 65.6 Å². The number of sulfonamides is 1. The number of hydrogen-bond donors (Lipinski definition) is 2. The zero-order valence-electron chi connectivity index (χ0n) is 19.2. The van der Waals surface area contributed by atoms with Crippen LogP contribution in [0.25, 0.3) is 0 Å². The maximum atomic E-state index is 13.5. The number of ether oxygens (including phenoxy) is 1. The second-order valence-electron chi connectivity index (χ2n) is 7.90. The van der Waals surface area contributed by atoms with Crippen molar-refractivity contribution in [3.05, 3.63) is 83.2 Å². The molecule has 2 amide bonds. The third kappa shape index (κ3) is 4.89. The first-order valence-electron chi connectivity index (χ1n) is 10.9. The van der Waals surface area contributed by atoms with Crippen molar-refractivity contribution in [1.82, 2.24) is 4.72 Å². The molecule has 0 saturated heterocycles. The van der Waals surface area contributed by atoms with Gasteiger partial charge in [0.15, 0.2) is 0 Å². The molecule has 0 spiro atoms. The Labute approximate surface area is 202 Å². The van der Waals surface area contributed by atoms with Gasteiger partial charge in [0.2, 0.25) is 10.0 Å². The van der Waals surface area contributed by atoms with Gasteiger partial charge in [0, 0.05) is 29.0 Å². The number of benzene rings is 3. The number of carbonyl (C=O) groups is 2. The van der Waals surface area contributed by atoms with E-state index in [0.717, 1.165) is 5.56 Å². The molecular weight excluding hydrogens is 473 g/mol. The SMILES string of the molecule is CNS(=O)(=O)c1cc(C(=O)N2CCCc3c(NC(=O)c4ccc(F)cc4)cccc32)ccc1OC. The van der Waals surface area contributed by atoms with E-state index in [1.54, 1.807) is 23.1 Å². The number of nitrogens with one attached hydrogen (secondary N) is 2. The molecule has 2 N–H and O–H groups in total. The topological polar surface area (TPSA) is 105 Å². The van der Waals surface area contributed by atoms with Crippen molar-refractivity contribution in [2.24, 2.45) is 0 Å². The summed E-state index contributed by atoms with van der Waals surface area (Å²) >= 11 is 0. The molecule has 8 nitrogen and oxygen atoms in total. The number of rotatable bonds is 6. The van der Waals surface area contributed by atoms with E-state index in [2.05, 4.69) is 10.0 Å². The van der Waals surface area contributed by atoms with Crippen molar-refractivity contribution in [2.45, 2.75) is 17.7 Å². The first-order valence-corrected chi connectivity index (χ1v) is 12.4. The predicted octanol–water partition coefficient (Wildman–Crippen LogP) is 3.59. The molecule has 0 bridgehead atoms. The number of halogens is 1. The molecule has 10 heteroatoms. The second kappa shape index (κ2) is 9.85. The fraction of sp³-hybridized carbons (Fsp3) is 0.200. The van der Waals surface area contributed by atoms with Gasteiger partial charge >= 0.3 is 0 Å². The van der Waals surface area contributed by atoms with Crippen molar-refractivity contribution < 1.29 is 27.1 Å². The van der Waals surface area contributed by atoms with Crippen molar-refractivity contribution in [3.8, 4) is 5.75 Å². The third-order valence-electron chi connectivity index (χ3n) is 5.82. The third-order valence-corrected chi connectivity index (χ3v) is 7.25. The second-order valence-corrected chi connectivity index (χ2v) is 9.75. The van der Waals surface area contributed by atoms with E-state index in [4.69, 9.17) is 4.74 Å². The van der Waals surface area contributed by atoms with Crippen LogP contribution < -0.4 is 19.7 Å². The molecule has 3 aromatic rings. The van der Waals surface area contributed by atoms with Crippen LogP contribution in [0.3, 0.4) is 0 Å². The molecule has 0 unspecified atom stereocenters. The standard InChI is InChI=1S/C25H24FN3O5S/c1-27-35(32,33)23-15-17(10-13-22(23)34-2)25(31)29-14-4-5-19-20(6-3-7-21(19)29)28-24(30)16-8-11-18(26)12-9-16/h3,6-13,15,27H,4-5,14H2,1-2H3,(H,28,30). The van der Waals surface area contributed by atoms with Gasteiger partial charge < -0.3 is 15.0 Å². The van der Waals surface area contributed by atoms with E-state index in [1.165, 1.54) is 56.6 Å². The highest BCUT2D eigenvalue weighted by molar-refractivity contribution is 7.89. The van der Waals surface area contributed by atoms with E-state index >= 15 is 0 Å². The fourth-order valence-electron chi connectivity index (χ4n) is 4.03. The summed E-state index contributed by atoms with van der Waals surface area (Å²) < 4.78 is 45.5. The Morgan fingerprint density at radius 3 is 2.43 bits per heavy atom. The van der Waals surface area contributed by atoms with Crippen LogP contribution in [0.4, 0.5) is 15.8 Å². The molecular formula is C25H24FN3O5S. The van der Waals surface area contributed by atoms with E-state index in [-0.39, 0.29) is 28.0 Å². The summed E-state index contributed by atoms with van der Waals surface area (Å²) in [5, 5.41) is 2.85. The van der Waals surface area contributed by atoms with Crippen LogP contribution >= 0.6 is 0 Å². The lowest BCUT2D eigenvalue weighted by Gasteiger charge is -2.31. The molecule has 1 aliphatic heterocycles. The molecule has 0 radical (unpaired) electrons. The Morgan fingerprint density at radius 2 is 1.74 bits per heavy atom. The Balaban J connectivity index is 1.66. The number of amides is 2. The van der Waals surface area contributed by atoms with Crippen LogP contribution in [0.1, 0.15) is 32.7 Å². The summed E-state index contributed by atoms with van der Waals surface area (Å²) in [5.74, 6) is -1.07. The zero-order chi connectivity index (χ0) is 25.2. The van der Waals surface area contributed by atoms with Crippen molar-refractivity contribution >= 4 is 33.2 Å². The fourth-order valence-corrected chi connectivity index (χ4v) is 4.95. The predicted molar refractivity (Wildman–Crippen MR) is 130 cm³/mol. The summed E-state index contributed by atoms with van der Waals surface area (Å²) in [6.45, 7) is 0.432. The number of nitrogens with zero attached hydrogens (tertiary/aromatic N) is 1. The number of hydrogen-bond acceptors (Lipinski definition) is 5. The van der Waals surface area contributed by atoms with E-state index in [1.807, 2.05) is 0 Å². The summed E-state index contributed by atoms with van der Waals surface area (Å²) in [5.41, 5.74) is 2.48. The summed E-state index contributed by atoms with van der Waals surface area (Å²) in [6.07, 6.45) is 1.29. The highest BCUT2D eigenvalue weighted by Gasteiger charge is 2.28. The molecule has 182 valence electrons. The minimum atomic E-state index is -3.85. The average molecular weight is 498 g/mol. The summed E-state index contributed by atoms with van der Waals surface area (Å²) in [4.78, 5) is 27.6. The molecule has 0 aliphatic carbocycles. The van der Waals surface area contributed by atoms with Crippen molar-refractivity contribution in [1.29, 1.82) is 0 Å². The van der Waals surface area contributed by atoms with Crippen molar-refractivity contribution in [3.63, 3.8) is 0 Å². The van der Waals surface area contributed by atoms with Crippen LogP contribution in [-0.4, -0.2) is 40.9 Å². The molecule has 4 rings (SSSR count). The van der Waals surface area contributed by atoms with Gasteiger partial charge in [-0.3, -0.25) is 9.59 Å². The highest BCUT2D eigenvalue weighted by Crippen LogP contribution is 2.35. The van der Waals surface area contributed by atoms with Crippen LogP contribution in [0.2, 0.25) is 0 Å². The number of carbonyl (C=O) groups excluding carboxylic acids is 2. The van der Waals surface area contributed by atoms with Crippen LogP contribution in [-0.2, 0) is 16.4 Å². The Kier molecular flexibility index (Phi) is 6.86. The number of fused-ring (bicyclic) bond motifs is 1. The molecule has 0 atom stereocenters. The number of anilines is 2. The molecule has 0 saturated carbocycles. The van der Waals surface area contributed by atoms with E-state index < -0.39 is 15.8 Å². The Hall–Kier alpha value is -3.76. The maximum Gasteiger partial charge on any atom is 0.258 e. The lowest BCUT2D eigenvalue weighted by Crippen LogP contribution is -2.36. The van der Waals surface area contributed by atoms with Gasteiger partial charge in [0.1, 0.15) is 16.5 Å². The van der Waals surface area contributed by atoms with Gasteiger partial charge in [-0.25, -0.2) is 17.5 Å². The Morgan fingerprint density at radius 1 is 1.03 bits per heavy atom. The minimum absolute atomic E-state index is 0.126.